The Morgan fingerprint density at radius 3 is 2.62 bits per heavy atom. The quantitative estimate of drug-likeness (QED) is 0.469. The molecule has 140 valence electrons. The molecule has 1 amide bonds. The number of benzene rings is 1. The Balaban J connectivity index is 1.74. The van der Waals surface area contributed by atoms with E-state index in [1.165, 1.54) is 0 Å². The molecular weight excluding hydrogens is 332 g/mol. The van der Waals surface area contributed by atoms with Crippen LogP contribution in [0.5, 0.6) is 5.75 Å². The molecule has 0 aliphatic rings. The van der Waals surface area contributed by atoms with E-state index in [1.807, 2.05) is 43.3 Å². The maximum Gasteiger partial charge on any atom is 0.242 e. The number of nitrogens with zero attached hydrogens (tertiary/aromatic N) is 1. The zero-order chi connectivity index (χ0) is 18.6. The lowest BCUT2D eigenvalue weighted by molar-refractivity contribution is -0.119. The number of amides is 1. The molecule has 0 saturated heterocycles. The van der Waals surface area contributed by atoms with Crippen LogP contribution in [0.1, 0.15) is 18.2 Å². The number of aliphatic imine (C=N–C) groups is 1. The molecule has 0 spiro atoms. The van der Waals surface area contributed by atoms with Crippen molar-refractivity contribution in [1.82, 2.24) is 16.0 Å². The average molecular weight is 358 g/mol. The van der Waals surface area contributed by atoms with Crippen LogP contribution in [0.3, 0.4) is 0 Å². The van der Waals surface area contributed by atoms with Gasteiger partial charge in [0.25, 0.3) is 0 Å². The van der Waals surface area contributed by atoms with Crippen LogP contribution >= 0.6 is 0 Å². The summed E-state index contributed by atoms with van der Waals surface area (Å²) in [6.45, 7) is 3.90. The molecule has 0 aliphatic heterocycles. The third-order valence-corrected chi connectivity index (χ3v) is 3.62. The molecule has 0 saturated carbocycles. The summed E-state index contributed by atoms with van der Waals surface area (Å²) in [5.41, 5.74) is 1.01. The molecule has 3 N–H and O–H groups in total. The molecule has 1 aromatic carbocycles. The molecule has 2 rings (SSSR count). The lowest BCUT2D eigenvalue weighted by Crippen LogP contribution is -2.39. The number of guanidine groups is 1. The van der Waals surface area contributed by atoms with Gasteiger partial charge in [-0.3, -0.25) is 4.79 Å². The van der Waals surface area contributed by atoms with E-state index in [0.29, 0.717) is 19.0 Å². The molecule has 2 aromatic rings. The summed E-state index contributed by atoms with van der Waals surface area (Å²) < 4.78 is 10.4. The van der Waals surface area contributed by atoms with Gasteiger partial charge in [0.05, 0.1) is 13.4 Å². The first-order chi connectivity index (χ1) is 12.7. The zero-order valence-corrected chi connectivity index (χ0v) is 15.2. The number of methoxy groups -OCH3 is 1. The molecular formula is C19H26N4O3. The summed E-state index contributed by atoms with van der Waals surface area (Å²) in [7, 11) is 1.62. The van der Waals surface area contributed by atoms with Crippen LogP contribution < -0.4 is 20.7 Å². The fourth-order valence-electron chi connectivity index (χ4n) is 2.25. The monoisotopic (exact) mass is 358 g/mol. The molecule has 0 radical (unpaired) electrons. The summed E-state index contributed by atoms with van der Waals surface area (Å²) >= 11 is 0. The van der Waals surface area contributed by atoms with E-state index in [0.717, 1.165) is 30.0 Å². The number of carbonyl (C=O) groups excluding carboxylic acids is 1. The number of ether oxygens (including phenoxy) is 1. The van der Waals surface area contributed by atoms with Crippen molar-refractivity contribution >= 4 is 11.9 Å². The van der Waals surface area contributed by atoms with Crippen LogP contribution in [0.2, 0.25) is 0 Å². The molecule has 0 atom stereocenters. The summed E-state index contributed by atoms with van der Waals surface area (Å²) in [5.74, 6) is 2.17. The second-order valence-corrected chi connectivity index (χ2v) is 5.58. The minimum absolute atomic E-state index is 0.0617. The number of carbonyl (C=O) groups is 1. The van der Waals surface area contributed by atoms with Gasteiger partial charge in [0, 0.05) is 26.1 Å². The Morgan fingerprint density at radius 1 is 1.15 bits per heavy atom. The average Bonchev–Trinajstić information content (AvgIpc) is 3.18. The van der Waals surface area contributed by atoms with E-state index in [2.05, 4.69) is 20.9 Å². The Bertz CT molecular complexity index is 681. The van der Waals surface area contributed by atoms with Gasteiger partial charge in [0.1, 0.15) is 18.1 Å². The zero-order valence-electron chi connectivity index (χ0n) is 15.2. The molecule has 0 unspecified atom stereocenters. The van der Waals surface area contributed by atoms with Crippen LogP contribution in [0.15, 0.2) is 52.1 Å². The lowest BCUT2D eigenvalue weighted by Gasteiger charge is -2.11. The smallest absolute Gasteiger partial charge is 0.242 e. The van der Waals surface area contributed by atoms with Crippen LogP contribution in [-0.4, -0.2) is 38.6 Å². The van der Waals surface area contributed by atoms with Gasteiger partial charge in [-0.15, -0.1) is 0 Å². The van der Waals surface area contributed by atoms with Crippen LogP contribution in [0, 0.1) is 0 Å². The SMILES string of the molecule is CCNC(=NCC(=O)NCc1ccc(OC)cc1)NCCc1ccco1. The number of hydrogen-bond acceptors (Lipinski definition) is 4. The second-order valence-electron chi connectivity index (χ2n) is 5.58. The fourth-order valence-corrected chi connectivity index (χ4v) is 2.25. The van der Waals surface area contributed by atoms with E-state index in [4.69, 9.17) is 9.15 Å². The van der Waals surface area contributed by atoms with Crippen LogP contribution in [0.4, 0.5) is 0 Å². The fraction of sp³-hybridized carbons (Fsp3) is 0.368. The Kier molecular flexibility index (Phi) is 8.05. The standard InChI is InChI=1S/C19H26N4O3/c1-3-20-19(21-11-10-17-5-4-12-26-17)23-14-18(24)22-13-15-6-8-16(25-2)9-7-15/h4-9,12H,3,10-11,13-14H2,1-2H3,(H,22,24)(H2,20,21,23). The van der Waals surface area contributed by atoms with Crippen molar-refractivity contribution in [2.75, 3.05) is 26.7 Å². The molecule has 0 bridgehead atoms. The Morgan fingerprint density at radius 2 is 1.96 bits per heavy atom. The summed E-state index contributed by atoms with van der Waals surface area (Å²) in [5, 5.41) is 9.16. The van der Waals surface area contributed by atoms with Gasteiger partial charge in [-0.1, -0.05) is 12.1 Å². The molecule has 7 heteroatoms. The van der Waals surface area contributed by atoms with Gasteiger partial charge >= 0.3 is 0 Å². The first-order valence-electron chi connectivity index (χ1n) is 8.65. The van der Waals surface area contributed by atoms with E-state index in [-0.39, 0.29) is 12.5 Å². The predicted molar refractivity (Wildman–Crippen MR) is 101 cm³/mol. The van der Waals surface area contributed by atoms with Crippen molar-refractivity contribution in [1.29, 1.82) is 0 Å². The molecule has 26 heavy (non-hydrogen) atoms. The molecule has 0 fully saturated rings. The summed E-state index contributed by atoms with van der Waals surface area (Å²) in [4.78, 5) is 16.3. The molecule has 1 heterocycles. The van der Waals surface area contributed by atoms with Crippen LogP contribution in [-0.2, 0) is 17.8 Å². The van der Waals surface area contributed by atoms with Gasteiger partial charge in [-0.25, -0.2) is 4.99 Å². The number of nitrogens with one attached hydrogen (secondary N) is 3. The van der Waals surface area contributed by atoms with Crippen molar-refractivity contribution in [3.05, 3.63) is 54.0 Å². The van der Waals surface area contributed by atoms with Gasteiger partial charge < -0.3 is 25.1 Å². The minimum atomic E-state index is -0.135. The van der Waals surface area contributed by atoms with Crippen molar-refractivity contribution in [2.24, 2.45) is 4.99 Å². The number of rotatable bonds is 9. The maximum absolute atomic E-state index is 12.0. The largest absolute Gasteiger partial charge is 0.497 e. The molecule has 7 nitrogen and oxygen atoms in total. The highest BCUT2D eigenvalue weighted by molar-refractivity contribution is 5.84. The van der Waals surface area contributed by atoms with Crippen molar-refractivity contribution in [2.45, 2.75) is 19.9 Å². The summed E-state index contributed by atoms with van der Waals surface area (Å²) in [6.07, 6.45) is 2.41. The Labute approximate surface area is 153 Å². The predicted octanol–water partition coefficient (Wildman–Crippen LogP) is 1.70. The third-order valence-electron chi connectivity index (χ3n) is 3.62. The van der Waals surface area contributed by atoms with Crippen LogP contribution in [0.25, 0.3) is 0 Å². The minimum Gasteiger partial charge on any atom is -0.497 e. The van der Waals surface area contributed by atoms with E-state index >= 15 is 0 Å². The van der Waals surface area contributed by atoms with Gasteiger partial charge in [0.15, 0.2) is 5.96 Å². The van der Waals surface area contributed by atoms with E-state index in [9.17, 15) is 4.79 Å². The molecule has 1 aromatic heterocycles. The summed E-state index contributed by atoms with van der Waals surface area (Å²) in [6, 6.07) is 11.4. The van der Waals surface area contributed by atoms with E-state index < -0.39 is 0 Å². The van der Waals surface area contributed by atoms with Crippen molar-refractivity contribution < 1.29 is 13.9 Å². The Hall–Kier alpha value is -2.96. The van der Waals surface area contributed by atoms with Gasteiger partial charge in [0.2, 0.25) is 5.91 Å². The lowest BCUT2D eigenvalue weighted by atomic mass is 10.2. The highest BCUT2D eigenvalue weighted by Crippen LogP contribution is 2.10. The first kappa shape index (κ1) is 19.4. The van der Waals surface area contributed by atoms with Crippen molar-refractivity contribution in [3.63, 3.8) is 0 Å². The highest BCUT2D eigenvalue weighted by Gasteiger charge is 2.03. The van der Waals surface area contributed by atoms with Gasteiger partial charge in [-0.2, -0.15) is 0 Å². The normalized spacial score (nSPS) is 11.1. The molecule has 0 aliphatic carbocycles. The number of furan rings is 1. The number of hydrogen-bond donors (Lipinski definition) is 3. The third kappa shape index (κ3) is 6.88. The second kappa shape index (κ2) is 10.8. The first-order valence-corrected chi connectivity index (χ1v) is 8.65. The van der Waals surface area contributed by atoms with Gasteiger partial charge in [-0.05, 0) is 36.8 Å². The topological polar surface area (TPSA) is 87.9 Å². The van der Waals surface area contributed by atoms with E-state index in [1.54, 1.807) is 13.4 Å². The highest BCUT2D eigenvalue weighted by atomic mass is 16.5. The van der Waals surface area contributed by atoms with Crippen molar-refractivity contribution in [3.8, 4) is 5.75 Å². The maximum atomic E-state index is 12.0.